The molecule has 0 N–H and O–H groups in total. The molecule has 38 heavy (non-hydrogen) atoms. The highest BCUT2D eigenvalue weighted by molar-refractivity contribution is 8.33. The molecule has 1 aromatic carbocycles. The van der Waals surface area contributed by atoms with E-state index in [1.165, 1.54) is 61.8 Å². The molecule has 2 unspecified atom stereocenters. The smallest absolute Gasteiger partial charge is 0.0417 e. The van der Waals surface area contributed by atoms with Crippen LogP contribution in [0.15, 0.2) is 47.1 Å². The fourth-order valence-electron chi connectivity index (χ4n) is 6.66. The van der Waals surface area contributed by atoms with Crippen molar-refractivity contribution >= 4 is 15.6 Å². The quantitative estimate of drug-likeness (QED) is 0.173. The third-order valence-corrected chi connectivity index (χ3v) is 14.0. The first-order chi connectivity index (χ1) is 17.5. The Morgan fingerprint density at radius 2 is 1.55 bits per heavy atom. The highest BCUT2D eigenvalue weighted by Crippen LogP contribution is 2.67. The maximum Gasteiger partial charge on any atom is 0.0417 e. The molecule has 1 heteroatoms. The predicted octanol–water partition coefficient (Wildman–Crippen LogP) is 12.2. The lowest BCUT2D eigenvalue weighted by atomic mass is 9.76. The van der Waals surface area contributed by atoms with Crippen molar-refractivity contribution in [1.29, 1.82) is 0 Å². The molecule has 0 bridgehead atoms. The molecule has 0 aliphatic heterocycles. The molecule has 0 nitrogen and oxygen atoms in total. The molecule has 1 aliphatic rings. The van der Waals surface area contributed by atoms with E-state index in [0.717, 1.165) is 6.42 Å². The fourth-order valence-corrected chi connectivity index (χ4v) is 10.1. The second-order valence-corrected chi connectivity index (χ2v) is 18.6. The van der Waals surface area contributed by atoms with Crippen molar-refractivity contribution in [2.24, 2.45) is 10.8 Å². The van der Waals surface area contributed by atoms with Crippen molar-refractivity contribution in [3.8, 4) is 0 Å². The minimum atomic E-state index is -1.04. The van der Waals surface area contributed by atoms with Gasteiger partial charge in [-0.2, -0.15) is 0 Å². The summed E-state index contributed by atoms with van der Waals surface area (Å²) in [6.07, 6.45) is 20.8. The van der Waals surface area contributed by atoms with Gasteiger partial charge in [-0.1, -0.05) is 107 Å². The van der Waals surface area contributed by atoms with Crippen LogP contribution in [0.1, 0.15) is 137 Å². The van der Waals surface area contributed by atoms with Crippen molar-refractivity contribution in [2.45, 2.75) is 132 Å². The predicted molar refractivity (Wildman–Crippen MR) is 179 cm³/mol. The Morgan fingerprint density at radius 3 is 2.13 bits per heavy atom. The number of hydrogen-bond acceptors (Lipinski definition) is 0. The van der Waals surface area contributed by atoms with E-state index in [1.807, 2.05) is 0 Å². The van der Waals surface area contributed by atoms with Gasteiger partial charge in [0.1, 0.15) is 0 Å². The molecule has 0 spiro atoms. The summed E-state index contributed by atoms with van der Waals surface area (Å²) in [5.74, 6) is 1.22. The van der Waals surface area contributed by atoms with Crippen LogP contribution in [0.4, 0.5) is 0 Å². The molecule has 0 radical (unpaired) electrons. The number of benzene rings is 1. The summed E-state index contributed by atoms with van der Waals surface area (Å²) < 4.78 is 0.103. The normalized spacial score (nSPS) is 21.1. The average Bonchev–Trinajstić information content (AvgIpc) is 3.15. The SMILES string of the molecule is C/C=C(\C)C(C)(CS(C)(C)C1(C)C=C(CCCCCCCC(C)(C)C)c2cccc(C)c21)/C(C)=C(\C)CC. The first-order valence-electron chi connectivity index (χ1n) is 15.4. The summed E-state index contributed by atoms with van der Waals surface area (Å²) in [7, 11) is -1.04. The van der Waals surface area contributed by atoms with Crippen LogP contribution < -0.4 is 0 Å². The van der Waals surface area contributed by atoms with E-state index in [9.17, 15) is 0 Å². The van der Waals surface area contributed by atoms with Gasteiger partial charge in [0, 0.05) is 10.2 Å². The second kappa shape index (κ2) is 13.0. The summed E-state index contributed by atoms with van der Waals surface area (Å²) in [6.45, 7) is 26.2. The van der Waals surface area contributed by atoms with Crippen LogP contribution in [0.25, 0.3) is 5.57 Å². The van der Waals surface area contributed by atoms with Gasteiger partial charge < -0.3 is 0 Å². The fraction of sp³-hybridized carbons (Fsp3) is 0.676. The minimum Gasteiger partial charge on any atom is -0.233 e. The lowest BCUT2D eigenvalue weighted by molar-refractivity contribution is 0.357. The zero-order valence-corrected chi connectivity index (χ0v) is 28.5. The maximum atomic E-state index is 2.73. The standard InChI is InChI=1S/C37H62S/c1-14-28(3)31(6)36(10,30(5)15-2)27-38(12,13)37(11)26-32(33-24-21-22-29(4)34(33)37)23-19-17-16-18-20-25-35(7,8)9/h15,21-22,24,26H,14,16-20,23,25,27H2,1-13H3/b30-15+,31-28+. The lowest BCUT2D eigenvalue weighted by Crippen LogP contribution is -2.36. The van der Waals surface area contributed by atoms with E-state index in [4.69, 9.17) is 0 Å². The molecule has 0 heterocycles. The molecule has 0 saturated heterocycles. The van der Waals surface area contributed by atoms with Gasteiger partial charge in [-0.05, 0) is 113 Å². The van der Waals surface area contributed by atoms with Crippen molar-refractivity contribution in [2.75, 3.05) is 18.3 Å². The van der Waals surface area contributed by atoms with Crippen molar-refractivity contribution in [3.05, 3.63) is 63.8 Å². The first kappa shape index (κ1) is 33.0. The molecule has 0 saturated carbocycles. The van der Waals surface area contributed by atoms with Crippen LogP contribution in [0.2, 0.25) is 0 Å². The monoisotopic (exact) mass is 538 g/mol. The van der Waals surface area contributed by atoms with E-state index in [0.29, 0.717) is 5.41 Å². The zero-order chi connectivity index (χ0) is 28.9. The molecule has 0 fully saturated rings. The van der Waals surface area contributed by atoms with E-state index in [-0.39, 0.29) is 10.2 Å². The van der Waals surface area contributed by atoms with Gasteiger partial charge in [0.2, 0.25) is 0 Å². The van der Waals surface area contributed by atoms with Crippen LogP contribution in [0.5, 0.6) is 0 Å². The lowest BCUT2D eigenvalue weighted by Gasteiger charge is -2.52. The van der Waals surface area contributed by atoms with Gasteiger partial charge in [-0.15, -0.1) is 0 Å². The van der Waals surface area contributed by atoms with Gasteiger partial charge in [0.25, 0.3) is 0 Å². The Balaban J connectivity index is 2.34. The van der Waals surface area contributed by atoms with Gasteiger partial charge >= 0.3 is 0 Å². The Kier molecular flexibility index (Phi) is 11.3. The molecule has 1 aromatic rings. The van der Waals surface area contributed by atoms with Crippen molar-refractivity contribution in [1.82, 2.24) is 0 Å². The van der Waals surface area contributed by atoms with Crippen LogP contribution >= 0.6 is 10.0 Å². The Bertz CT molecular complexity index is 1040. The highest BCUT2D eigenvalue weighted by Gasteiger charge is 2.47. The zero-order valence-electron chi connectivity index (χ0n) is 27.7. The topological polar surface area (TPSA) is 0 Å². The number of unbranched alkanes of at least 4 members (excludes halogenated alkanes) is 4. The third-order valence-electron chi connectivity index (χ3n) is 10.0. The van der Waals surface area contributed by atoms with E-state index >= 15 is 0 Å². The number of fused-ring (bicyclic) bond motifs is 1. The molecule has 216 valence electrons. The Hall–Kier alpha value is -1.21. The van der Waals surface area contributed by atoms with Crippen LogP contribution in [0, 0.1) is 17.8 Å². The van der Waals surface area contributed by atoms with Gasteiger partial charge in [0.05, 0.1) is 0 Å². The number of hydrogen-bond donors (Lipinski definition) is 0. The van der Waals surface area contributed by atoms with Crippen LogP contribution in [-0.4, -0.2) is 18.3 Å². The molecule has 1 aliphatic carbocycles. The van der Waals surface area contributed by atoms with Gasteiger partial charge in [-0.25, -0.2) is 10.0 Å². The van der Waals surface area contributed by atoms with Gasteiger partial charge in [-0.3, -0.25) is 0 Å². The minimum absolute atomic E-state index is 0.100. The summed E-state index contributed by atoms with van der Waals surface area (Å²) in [5.41, 5.74) is 11.5. The van der Waals surface area contributed by atoms with Crippen molar-refractivity contribution < 1.29 is 0 Å². The maximum absolute atomic E-state index is 2.73. The van der Waals surface area contributed by atoms with Gasteiger partial charge in [0.15, 0.2) is 0 Å². The summed E-state index contributed by atoms with van der Waals surface area (Å²) >= 11 is 0. The number of allylic oxidation sites excluding steroid dienone is 5. The second-order valence-electron chi connectivity index (χ2n) is 14.3. The van der Waals surface area contributed by atoms with Crippen LogP contribution in [0.3, 0.4) is 0 Å². The first-order valence-corrected chi connectivity index (χ1v) is 18.0. The van der Waals surface area contributed by atoms with E-state index in [1.54, 1.807) is 27.8 Å². The molecule has 0 amide bonds. The largest absolute Gasteiger partial charge is 0.233 e. The third kappa shape index (κ3) is 7.30. The number of aryl methyl sites for hydroxylation is 1. The molecule has 2 atom stereocenters. The molecule has 2 rings (SSSR count). The van der Waals surface area contributed by atoms with E-state index < -0.39 is 10.0 Å². The Labute approximate surface area is 240 Å². The molecular formula is C37H62S. The summed E-state index contributed by atoms with van der Waals surface area (Å²) in [6, 6.07) is 7.05. The highest BCUT2D eigenvalue weighted by atomic mass is 32.3. The van der Waals surface area contributed by atoms with Crippen molar-refractivity contribution in [3.63, 3.8) is 0 Å². The average molecular weight is 539 g/mol. The summed E-state index contributed by atoms with van der Waals surface area (Å²) in [4.78, 5) is 0. The Morgan fingerprint density at radius 1 is 0.947 bits per heavy atom. The summed E-state index contributed by atoms with van der Waals surface area (Å²) in [5, 5.41) is 0. The van der Waals surface area contributed by atoms with E-state index in [2.05, 4.69) is 119 Å². The van der Waals surface area contributed by atoms with Crippen LogP contribution in [-0.2, 0) is 4.75 Å². The molecular weight excluding hydrogens is 476 g/mol. The number of rotatable bonds is 13. The molecule has 0 aromatic heterocycles.